The zero-order valence-electron chi connectivity index (χ0n) is 24.0. The van der Waals surface area contributed by atoms with Gasteiger partial charge in [-0.15, -0.1) is 11.3 Å². The molecule has 2 saturated heterocycles. The number of H-pyrrole nitrogens is 1. The number of primary amides is 1. The summed E-state index contributed by atoms with van der Waals surface area (Å²) < 4.78 is 31.1. The fourth-order valence-electron chi connectivity index (χ4n) is 5.80. The number of aromatic nitrogens is 3. The number of carbonyl (C=O) groups is 1. The van der Waals surface area contributed by atoms with Gasteiger partial charge in [0.15, 0.2) is 0 Å². The van der Waals surface area contributed by atoms with Crippen LogP contribution in [0.1, 0.15) is 22.5 Å². The van der Waals surface area contributed by atoms with Crippen LogP contribution in [0.25, 0.3) is 11.0 Å². The first-order valence-corrected chi connectivity index (χ1v) is 16.8. The third-order valence-electron chi connectivity index (χ3n) is 8.08. The average molecular weight is 626 g/mol. The molecule has 0 saturated carbocycles. The van der Waals surface area contributed by atoms with Gasteiger partial charge in [-0.05, 0) is 42.5 Å². The number of methoxy groups -OCH3 is 1. The summed E-state index contributed by atoms with van der Waals surface area (Å²) in [5.74, 6) is 1.04. The minimum Gasteiger partial charge on any atom is -0.494 e. The number of fused-ring (bicyclic) bond motifs is 1. The van der Waals surface area contributed by atoms with Gasteiger partial charge in [-0.2, -0.15) is 9.97 Å². The lowest BCUT2D eigenvalue weighted by Gasteiger charge is -2.43. The predicted molar refractivity (Wildman–Crippen MR) is 170 cm³/mol. The van der Waals surface area contributed by atoms with Gasteiger partial charge >= 0.3 is 0 Å². The second kappa shape index (κ2) is 12.0. The summed E-state index contributed by atoms with van der Waals surface area (Å²) in [6.45, 7) is 4.78. The number of sulfonamides is 1. The maximum absolute atomic E-state index is 11.9. The number of carbonyl (C=O) groups excluding carboxylic acids is 1. The van der Waals surface area contributed by atoms with Crippen LogP contribution in [0, 0.1) is 0 Å². The average Bonchev–Trinajstić information content (AvgIpc) is 3.67. The van der Waals surface area contributed by atoms with E-state index in [1.165, 1.54) is 17.6 Å². The molecule has 13 nitrogen and oxygen atoms in total. The molecule has 228 valence electrons. The van der Waals surface area contributed by atoms with E-state index >= 15 is 0 Å². The number of ether oxygens (including phenoxy) is 1. The smallest absolute Gasteiger partial charge is 0.260 e. The van der Waals surface area contributed by atoms with E-state index in [9.17, 15) is 13.2 Å². The predicted octanol–water partition coefficient (Wildman–Crippen LogP) is 3.16. The van der Waals surface area contributed by atoms with E-state index in [1.807, 2.05) is 18.2 Å². The van der Waals surface area contributed by atoms with Crippen LogP contribution in [0.15, 0.2) is 41.9 Å². The van der Waals surface area contributed by atoms with Crippen LogP contribution < -0.4 is 26.0 Å². The number of amides is 1. The van der Waals surface area contributed by atoms with Gasteiger partial charge < -0.3 is 31.0 Å². The third-order valence-corrected chi connectivity index (χ3v) is 10.3. The molecule has 0 unspecified atom stereocenters. The largest absolute Gasteiger partial charge is 0.494 e. The van der Waals surface area contributed by atoms with Crippen LogP contribution in [-0.2, 0) is 10.0 Å². The molecule has 2 aliphatic rings. The van der Waals surface area contributed by atoms with Crippen LogP contribution in [0.2, 0.25) is 0 Å². The lowest BCUT2D eigenvalue weighted by molar-refractivity contribution is 0.100. The van der Waals surface area contributed by atoms with Crippen molar-refractivity contribution in [1.29, 1.82) is 0 Å². The maximum Gasteiger partial charge on any atom is 0.260 e. The van der Waals surface area contributed by atoms with E-state index < -0.39 is 15.9 Å². The number of aromatic amines is 1. The minimum atomic E-state index is -3.12. The molecule has 2 fully saturated rings. The number of piperazine rings is 1. The quantitative estimate of drug-likeness (QED) is 0.217. The highest BCUT2D eigenvalue weighted by Crippen LogP contribution is 2.34. The summed E-state index contributed by atoms with van der Waals surface area (Å²) in [5, 5.41) is 9.09. The summed E-state index contributed by atoms with van der Waals surface area (Å²) in [6, 6.07) is 10.1. The van der Waals surface area contributed by atoms with Crippen molar-refractivity contribution < 1.29 is 17.9 Å². The molecule has 3 aromatic heterocycles. The Kier molecular flexibility index (Phi) is 8.13. The number of nitrogens with one attached hydrogen (secondary N) is 3. The second-order valence-corrected chi connectivity index (χ2v) is 13.6. The van der Waals surface area contributed by atoms with E-state index in [1.54, 1.807) is 29.1 Å². The molecule has 5 heterocycles. The number of thiophene rings is 1. The van der Waals surface area contributed by atoms with Crippen molar-refractivity contribution in [2.24, 2.45) is 5.73 Å². The first kappa shape index (κ1) is 29.2. The standard InChI is InChI=1S/C28H35N9O4S2/c1-41-23-17-19(36-14-12-35(13-15-36)18-6-10-37(11-7-18)43(2,39)40)3-4-21(23)32-28-33-26-20(5-9-30-26)27(34-28)31-22-8-16-42-24(22)25(29)38/h3-5,8-9,16-18H,6-7,10-15H2,1-2H3,(H2,29,38)(H3,30,31,32,33,34). The molecular formula is C28H35N9O4S2. The van der Waals surface area contributed by atoms with Crippen molar-refractivity contribution >= 4 is 67.1 Å². The van der Waals surface area contributed by atoms with Crippen molar-refractivity contribution in [1.82, 2.24) is 24.2 Å². The fourth-order valence-corrected chi connectivity index (χ4v) is 7.38. The van der Waals surface area contributed by atoms with Gasteiger partial charge in [-0.1, -0.05) is 0 Å². The first-order chi connectivity index (χ1) is 20.7. The molecule has 2 aliphatic heterocycles. The minimum absolute atomic E-state index is 0.356. The van der Waals surface area contributed by atoms with E-state index in [2.05, 4.69) is 36.5 Å². The number of hydrogen-bond donors (Lipinski definition) is 4. The van der Waals surface area contributed by atoms with Crippen LogP contribution in [0.4, 0.5) is 28.8 Å². The normalized spacial score (nSPS) is 17.3. The number of hydrogen-bond acceptors (Lipinski definition) is 11. The van der Waals surface area contributed by atoms with Gasteiger partial charge in [0.25, 0.3) is 5.91 Å². The highest BCUT2D eigenvalue weighted by atomic mass is 32.2. The zero-order chi connectivity index (χ0) is 30.1. The molecule has 0 spiro atoms. The Morgan fingerprint density at radius 1 is 1.05 bits per heavy atom. The van der Waals surface area contributed by atoms with Gasteiger partial charge in [0.1, 0.15) is 22.1 Å². The van der Waals surface area contributed by atoms with E-state index in [0.717, 1.165) is 50.1 Å². The van der Waals surface area contributed by atoms with E-state index in [4.69, 9.17) is 15.5 Å². The molecule has 0 radical (unpaired) electrons. The molecule has 15 heteroatoms. The number of anilines is 5. The van der Waals surface area contributed by atoms with Gasteiger partial charge in [0.2, 0.25) is 16.0 Å². The first-order valence-electron chi connectivity index (χ1n) is 14.1. The molecule has 0 aliphatic carbocycles. The van der Waals surface area contributed by atoms with Gasteiger partial charge in [-0.25, -0.2) is 12.7 Å². The molecule has 1 amide bonds. The van der Waals surface area contributed by atoms with Crippen molar-refractivity contribution in [3.8, 4) is 5.75 Å². The van der Waals surface area contributed by atoms with Gasteiger partial charge in [0, 0.05) is 63.3 Å². The van der Waals surface area contributed by atoms with Gasteiger partial charge in [-0.3, -0.25) is 9.69 Å². The number of rotatable bonds is 9. The number of nitrogens with zero attached hydrogens (tertiary/aromatic N) is 5. The lowest BCUT2D eigenvalue weighted by atomic mass is 10.0. The molecular weight excluding hydrogens is 591 g/mol. The van der Waals surface area contributed by atoms with E-state index in [0.29, 0.717) is 58.5 Å². The SMILES string of the molecule is COc1cc(N2CCN(C3CCN(S(C)(=O)=O)CC3)CC2)ccc1Nc1nc(Nc2ccsc2C(N)=O)c2cc[nH]c2n1. The van der Waals surface area contributed by atoms with Crippen molar-refractivity contribution in [2.45, 2.75) is 18.9 Å². The van der Waals surface area contributed by atoms with Crippen molar-refractivity contribution in [3.63, 3.8) is 0 Å². The van der Waals surface area contributed by atoms with Crippen LogP contribution in [0.3, 0.4) is 0 Å². The molecule has 0 atom stereocenters. The zero-order valence-corrected chi connectivity index (χ0v) is 25.7. The van der Waals surface area contributed by atoms with Crippen LogP contribution in [0.5, 0.6) is 5.75 Å². The highest BCUT2D eigenvalue weighted by molar-refractivity contribution is 7.88. The molecule has 5 N–H and O–H groups in total. The van der Waals surface area contributed by atoms with E-state index in [-0.39, 0.29) is 0 Å². The van der Waals surface area contributed by atoms with Crippen molar-refractivity contribution in [2.75, 3.05) is 68.2 Å². The summed E-state index contributed by atoms with van der Waals surface area (Å²) in [6.07, 6.45) is 4.81. The molecule has 6 rings (SSSR count). The number of nitrogens with two attached hydrogens (primary N) is 1. The lowest BCUT2D eigenvalue weighted by Crippen LogP contribution is -2.53. The third kappa shape index (κ3) is 6.25. The molecule has 43 heavy (non-hydrogen) atoms. The summed E-state index contributed by atoms with van der Waals surface area (Å²) in [7, 11) is -1.48. The summed E-state index contributed by atoms with van der Waals surface area (Å²) in [5.41, 5.74) is 8.53. The Hall–Kier alpha value is -3.92. The molecule has 0 bridgehead atoms. The van der Waals surface area contributed by atoms with Crippen molar-refractivity contribution in [3.05, 3.63) is 46.8 Å². The molecule has 4 aromatic rings. The Morgan fingerprint density at radius 3 is 2.51 bits per heavy atom. The monoisotopic (exact) mass is 625 g/mol. The number of piperidine rings is 1. The second-order valence-electron chi connectivity index (χ2n) is 10.7. The van der Waals surface area contributed by atoms with Gasteiger partial charge in [0.05, 0.1) is 30.1 Å². The number of benzene rings is 1. The summed E-state index contributed by atoms with van der Waals surface area (Å²) in [4.78, 5) is 29.5. The Labute approximate surface area is 254 Å². The topological polar surface area (TPSA) is 162 Å². The summed E-state index contributed by atoms with van der Waals surface area (Å²) >= 11 is 1.27. The Morgan fingerprint density at radius 2 is 1.81 bits per heavy atom. The maximum atomic E-state index is 11.9. The highest BCUT2D eigenvalue weighted by Gasteiger charge is 2.30. The Balaban J connectivity index is 1.14. The molecule has 1 aromatic carbocycles. The van der Waals surface area contributed by atoms with Crippen LogP contribution >= 0.6 is 11.3 Å². The fraction of sp³-hybridized carbons (Fsp3) is 0.393. The van der Waals surface area contributed by atoms with Crippen LogP contribution in [-0.4, -0.2) is 97.2 Å². The Bertz CT molecular complexity index is 1720.